The molecule has 0 amide bonds. The molecule has 0 saturated heterocycles. The van der Waals surface area contributed by atoms with E-state index in [0.29, 0.717) is 6.42 Å². The molecular formula is C11H15F8N3. The van der Waals surface area contributed by atoms with Crippen molar-refractivity contribution in [3.63, 3.8) is 0 Å². The Labute approximate surface area is 121 Å². The summed E-state index contributed by atoms with van der Waals surface area (Å²) in [7, 11) is 0. The second-order valence-electron chi connectivity index (χ2n) is 4.82. The van der Waals surface area contributed by atoms with Gasteiger partial charge in [-0.3, -0.25) is 9.91 Å². The van der Waals surface area contributed by atoms with E-state index in [0.717, 1.165) is 12.8 Å². The van der Waals surface area contributed by atoms with Gasteiger partial charge in [-0.15, -0.1) is 0 Å². The van der Waals surface area contributed by atoms with E-state index in [9.17, 15) is 35.1 Å². The van der Waals surface area contributed by atoms with Crippen LogP contribution in [0.1, 0.15) is 32.6 Å². The zero-order valence-corrected chi connectivity index (χ0v) is 11.6. The smallest absolute Gasteiger partial charge is 0.264 e. The minimum Gasteiger partial charge on any atom is -0.264 e. The highest BCUT2D eigenvalue weighted by Crippen LogP contribution is 2.43. The lowest BCUT2D eigenvalue weighted by Gasteiger charge is -2.36. The first-order valence-electron chi connectivity index (χ1n) is 6.53. The van der Waals surface area contributed by atoms with Gasteiger partial charge in [0.05, 0.1) is 0 Å². The maximum atomic E-state index is 13.2. The molecule has 0 aromatic rings. The third-order valence-electron chi connectivity index (χ3n) is 3.07. The normalized spacial score (nSPS) is 20.1. The fourth-order valence-corrected chi connectivity index (χ4v) is 1.97. The summed E-state index contributed by atoms with van der Waals surface area (Å²) in [4.78, 5) is -1.09. The van der Waals surface area contributed by atoms with Gasteiger partial charge in [0.2, 0.25) is 6.17 Å². The number of hydrazone groups is 1. The van der Waals surface area contributed by atoms with Crippen molar-refractivity contribution in [1.29, 1.82) is 0 Å². The Hall–Kier alpha value is -1.29. The van der Waals surface area contributed by atoms with Crippen LogP contribution in [0.25, 0.3) is 0 Å². The SMILES string of the molecule is CCCCCCN1N=CN(C(F)(F)C(F)(F)F)C1C(F)(F)F. The van der Waals surface area contributed by atoms with Crippen LogP contribution in [0, 0.1) is 0 Å². The van der Waals surface area contributed by atoms with Crippen LogP contribution in [0.2, 0.25) is 0 Å². The van der Waals surface area contributed by atoms with Gasteiger partial charge in [0, 0.05) is 6.54 Å². The average molecular weight is 341 g/mol. The number of hydrogen-bond donors (Lipinski definition) is 0. The molecule has 0 aromatic heterocycles. The quantitative estimate of drug-likeness (QED) is 0.410. The molecule has 1 heterocycles. The summed E-state index contributed by atoms with van der Waals surface area (Å²) in [5.41, 5.74) is 0. The molecular weight excluding hydrogens is 326 g/mol. The van der Waals surface area contributed by atoms with Gasteiger partial charge in [0.1, 0.15) is 6.34 Å². The predicted molar refractivity (Wildman–Crippen MR) is 62.0 cm³/mol. The van der Waals surface area contributed by atoms with E-state index in [-0.39, 0.29) is 24.3 Å². The number of hydrogen-bond acceptors (Lipinski definition) is 3. The van der Waals surface area contributed by atoms with Gasteiger partial charge in [-0.1, -0.05) is 26.2 Å². The Morgan fingerprint density at radius 2 is 1.55 bits per heavy atom. The Kier molecular flexibility index (Phi) is 5.50. The third-order valence-corrected chi connectivity index (χ3v) is 3.07. The van der Waals surface area contributed by atoms with Gasteiger partial charge in [-0.25, -0.2) is 0 Å². The molecule has 0 bridgehead atoms. The van der Waals surface area contributed by atoms with Gasteiger partial charge in [0.15, 0.2) is 0 Å². The zero-order chi connectivity index (χ0) is 17.2. The van der Waals surface area contributed by atoms with Crippen LogP contribution in [-0.2, 0) is 0 Å². The van der Waals surface area contributed by atoms with E-state index in [1.807, 2.05) is 6.92 Å². The van der Waals surface area contributed by atoms with Crippen LogP contribution < -0.4 is 0 Å². The molecule has 0 aromatic carbocycles. The van der Waals surface area contributed by atoms with Crippen molar-refractivity contribution in [3.05, 3.63) is 0 Å². The van der Waals surface area contributed by atoms with Crippen LogP contribution in [0.4, 0.5) is 35.1 Å². The first-order chi connectivity index (χ1) is 9.93. The lowest BCUT2D eigenvalue weighted by Crippen LogP contribution is -2.61. The molecule has 0 N–H and O–H groups in total. The second kappa shape index (κ2) is 6.45. The largest absolute Gasteiger partial charge is 0.475 e. The minimum atomic E-state index is -6.14. The number of unbranched alkanes of at least 4 members (excludes halogenated alkanes) is 3. The first-order valence-corrected chi connectivity index (χ1v) is 6.53. The Balaban J connectivity index is 2.90. The Bertz CT molecular complexity index is 390. The monoisotopic (exact) mass is 341 g/mol. The summed E-state index contributed by atoms with van der Waals surface area (Å²) in [5, 5.41) is 3.29. The molecule has 11 heteroatoms. The molecule has 1 aliphatic heterocycles. The summed E-state index contributed by atoms with van der Waals surface area (Å²) in [6.07, 6.45) is -12.4. The standard InChI is InChI=1S/C11H15F8N3/c1-2-3-4-5-6-22-8(9(12,13)14)21(7-20-22)11(18,19)10(15,16)17/h7-8H,2-6H2,1H3. The number of nitrogens with zero attached hydrogens (tertiary/aromatic N) is 3. The van der Waals surface area contributed by atoms with Crippen molar-refractivity contribution in [3.8, 4) is 0 Å². The topological polar surface area (TPSA) is 18.8 Å². The summed E-state index contributed by atoms with van der Waals surface area (Å²) in [5.74, 6) is 0. The highest BCUT2D eigenvalue weighted by Gasteiger charge is 2.68. The number of alkyl halides is 8. The lowest BCUT2D eigenvalue weighted by molar-refractivity contribution is -0.352. The Morgan fingerprint density at radius 3 is 2.00 bits per heavy atom. The van der Waals surface area contributed by atoms with Crippen molar-refractivity contribution in [2.45, 2.75) is 57.2 Å². The summed E-state index contributed by atoms with van der Waals surface area (Å²) in [6.45, 7) is 1.50. The van der Waals surface area contributed by atoms with E-state index >= 15 is 0 Å². The van der Waals surface area contributed by atoms with Crippen molar-refractivity contribution < 1.29 is 35.1 Å². The van der Waals surface area contributed by atoms with E-state index in [2.05, 4.69) is 5.10 Å². The second-order valence-corrected chi connectivity index (χ2v) is 4.82. The minimum absolute atomic E-state index is 0.106. The number of halogens is 8. The van der Waals surface area contributed by atoms with Gasteiger partial charge in [-0.05, 0) is 6.42 Å². The van der Waals surface area contributed by atoms with E-state index in [1.165, 1.54) is 0 Å². The van der Waals surface area contributed by atoms with Gasteiger partial charge >= 0.3 is 18.4 Å². The zero-order valence-electron chi connectivity index (χ0n) is 11.6. The van der Waals surface area contributed by atoms with Crippen LogP contribution in [0.5, 0.6) is 0 Å². The fraction of sp³-hybridized carbons (Fsp3) is 0.909. The van der Waals surface area contributed by atoms with Gasteiger partial charge in [-0.2, -0.15) is 40.2 Å². The van der Waals surface area contributed by atoms with Crippen LogP contribution in [0.15, 0.2) is 5.10 Å². The van der Waals surface area contributed by atoms with Crippen LogP contribution in [-0.4, -0.2) is 47.4 Å². The molecule has 0 saturated carbocycles. The molecule has 130 valence electrons. The highest BCUT2D eigenvalue weighted by atomic mass is 19.4. The van der Waals surface area contributed by atoms with Crippen molar-refractivity contribution in [2.75, 3.05) is 6.54 Å². The summed E-state index contributed by atoms with van der Waals surface area (Å²) >= 11 is 0. The van der Waals surface area contributed by atoms with E-state index < -0.39 is 29.5 Å². The number of rotatable bonds is 6. The average Bonchev–Trinajstić information content (AvgIpc) is 2.77. The van der Waals surface area contributed by atoms with E-state index in [4.69, 9.17) is 0 Å². The summed E-state index contributed by atoms with van der Waals surface area (Å²) < 4.78 is 102. The van der Waals surface area contributed by atoms with Crippen molar-refractivity contribution in [1.82, 2.24) is 9.91 Å². The first kappa shape index (κ1) is 18.8. The molecule has 0 aliphatic carbocycles. The fourth-order valence-electron chi connectivity index (χ4n) is 1.97. The van der Waals surface area contributed by atoms with Crippen LogP contribution in [0.3, 0.4) is 0 Å². The maximum Gasteiger partial charge on any atom is 0.475 e. The molecule has 1 rings (SSSR count). The molecule has 0 spiro atoms. The maximum absolute atomic E-state index is 13.2. The summed E-state index contributed by atoms with van der Waals surface area (Å²) in [6, 6.07) is -5.66. The Morgan fingerprint density at radius 1 is 0.955 bits per heavy atom. The third kappa shape index (κ3) is 3.92. The highest BCUT2D eigenvalue weighted by molar-refractivity contribution is 5.58. The van der Waals surface area contributed by atoms with Crippen molar-refractivity contribution >= 4 is 6.34 Å². The predicted octanol–water partition coefficient (Wildman–Crippen LogP) is 4.17. The molecule has 1 unspecified atom stereocenters. The molecule has 0 fully saturated rings. The van der Waals surface area contributed by atoms with Crippen LogP contribution >= 0.6 is 0 Å². The van der Waals surface area contributed by atoms with Gasteiger partial charge < -0.3 is 0 Å². The molecule has 22 heavy (non-hydrogen) atoms. The molecule has 3 nitrogen and oxygen atoms in total. The van der Waals surface area contributed by atoms with Crippen molar-refractivity contribution in [2.24, 2.45) is 5.10 Å². The molecule has 1 aliphatic rings. The molecule has 0 radical (unpaired) electrons. The van der Waals surface area contributed by atoms with Gasteiger partial charge in [0.25, 0.3) is 0 Å². The lowest BCUT2D eigenvalue weighted by atomic mass is 10.2. The van der Waals surface area contributed by atoms with E-state index in [1.54, 1.807) is 0 Å². The molecule has 1 atom stereocenters.